The summed E-state index contributed by atoms with van der Waals surface area (Å²) in [6, 6.07) is 0.634. The maximum absolute atomic E-state index is 5.71. The van der Waals surface area contributed by atoms with Gasteiger partial charge in [-0.15, -0.1) is 0 Å². The highest BCUT2D eigenvalue weighted by Crippen LogP contribution is 2.19. The summed E-state index contributed by atoms with van der Waals surface area (Å²) in [5.74, 6) is 5.71. The number of likely N-dealkylation sites (N-methyl/N-ethyl adjacent to an activating group) is 1. The number of nitrogens with two attached hydrogens (primary N) is 1. The van der Waals surface area contributed by atoms with Gasteiger partial charge in [-0.2, -0.15) is 0 Å². The van der Waals surface area contributed by atoms with Gasteiger partial charge in [0.1, 0.15) is 0 Å². The molecule has 2 N–H and O–H groups in total. The summed E-state index contributed by atoms with van der Waals surface area (Å²) in [5.41, 5.74) is 0.260. The first kappa shape index (κ1) is 9.96. The lowest BCUT2D eigenvalue weighted by Crippen LogP contribution is -2.46. The van der Waals surface area contributed by atoms with Gasteiger partial charge in [0.25, 0.3) is 0 Å². The van der Waals surface area contributed by atoms with Crippen molar-refractivity contribution in [3.05, 3.63) is 0 Å². The molecule has 1 fully saturated rings. The molecule has 0 aromatic heterocycles. The minimum Gasteiger partial charge on any atom is -0.297 e. The standard InChI is InChI=1S/C9H21N3/c1-9(2,3)11(4)8-5-6-12(10)7-8/h8H,5-7,10H2,1-4H3. The number of nitrogens with zero attached hydrogens (tertiary/aromatic N) is 2. The average molecular weight is 171 g/mol. The smallest absolute Gasteiger partial charge is 0.0285 e. The van der Waals surface area contributed by atoms with Gasteiger partial charge in [-0.1, -0.05) is 0 Å². The fourth-order valence-electron chi connectivity index (χ4n) is 1.63. The zero-order valence-corrected chi connectivity index (χ0v) is 8.67. The molecule has 0 bridgehead atoms. The second kappa shape index (κ2) is 3.32. The van der Waals surface area contributed by atoms with Crippen molar-refractivity contribution in [2.45, 2.75) is 38.8 Å². The molecule has 72 valence electrons. The van der Waals surface area contributed by atoms with Crippen molar-refractivity contribution in [3.63, 3.8) is 0 Å². The monoisotopic (exact) mass is 171 g/mol. The Kier molecular flexibility index (Phi) is 2.76. The van der Waals surface area contributed by atoms with Crippen molar-refractivity contribution < 1.29 is 0 Å². The number of hydrogen-bond donors (Lipinski definition) is 1. The van der Waals surface area contributed by atoms with Crippen LogP contribution in [0.25, 0.3) is 0 Å². The first-order valence-electron chi connectivity index (χ1n) is 4.64. The van der Waals surface area contributed by atoms with Crippen LogP contribution in [0.4, 0.5) is 0 Å². The SMILES string of the molecule is CN(C1CCN(N)C1)C(C)(C)C. The minimum atomic E-state index is 0.260. The Morgan fingerprint density at radius 2 is 2.00 bits per heavy atom. The zero-order chi connectivity index (χ0) is 9.35. The van der Waals surface area contributed by atoms with Crippen LogP contribution in [0.15, 0.2) is 0 Å². The summed E-state index contributed by atoms with van der Waals surface area (Å²) in [6.45, 7) is 8.77. The topological polar surface area (TPSA) is 32.5 Å². The van der Waals surface area contributed by atoms with Crippen molar-refractivity contribution in [2.75, 3.05) is 20.1 Å². The number of hydrogen-bond acceptors (Lipinski definition) is 3. The second-order valence-corrected chi connectivity index (χ2v) is 4.72. The van der Waals surface area contributed by atoms with E-state index in [0.29, 0.717) is 6.04 Å². The van der Waals surface area contributed by atoms with E-state index in [-0.39, 0.29) is 5.54 Å². The van der Waals surface area contributed by atoms with E-state index in [0.717, 1.165) is 13.1 Å². The van der Waals surface area contributed by atoms with Gasteiger partial charge >= 0.3 is 0 Å². The van der Waals surface area contributed by atoms with Crippen molar-refractivity contribution in [2.24, 2.45) is 5.84 Å². The summed E-state index contributed by atoms with van der Waals surface area (Å²) >= 11 is 0. The molecular formula is C9H21N3. The molecule has 0 radical (unpaired) electrons. The molecule has 0 aromatic rings. The average Bonchev–Trinajstić information content (AvgIpc) is 2.32. The first-order valence-corrected chi connectivity index (χ1v) is 4.64. The molecule has 1 aliphatic rings. The van der Waals surface area contributed by atoms with Crippen molar-refractivity contribution >= 4 is 0 Å². The molecule has 0 aromatic carbocycles. The van der Waals surface area contributed by atoms with Crippen LogP contribution in [-0.4, -0.2) is 41.6 Å². The van der Waals surface area contributed by atoms with Crippen LogP contribution in [0.3, 0.4) is 0 Å². The molecule has 0 aliphatic carbocycles. The largest absolute Gasteiger partial charge is 0.297 e. The Morgan fingerprint density at radius 3 is 2.33 bits per heavy atom. The first-order chi connectivity index (χ1) is 5.41. The summed E-state index contributed by atoms with van der Waals surface area (Å²) < 4.78 is 0. The van der Waals surface area contributed by atoms with Crippen LogP contribution in [0.5, 0.6) is 0 Å². The van der Waals surface area contributed by atoms with Crippen LogP contribution < -0.4 is 5.84 Å². The highest BCUT2D eigenvalue weighted by molar-refractivity contribution is 4.85. The lowest BCUT2D eigenvalue weighted by Gasteiger charge is -2.36. The molecule has 0 amide bonds. The Bertz CT molecular complexity index is 150. The predicted octanol–water partition coefficient (Wildman–Crippen LogP) is 0.665. The molecular weight excluding hydrogens is 150 g/mol. The highest BCUT2D eigenvalue weighted by Gasteiger charge is 2.29. The van der Waals surface area contributed by atoms with E-state index in [2.05, 4.69) is 32.7 Å². The number of hydrazine groups is 1. The summed E-state index contributed by atoms with van der Waals surface area (Å²) in [5, 5.41) is 1.91. The normalized spacial score (nSPS) is 27.0. The summed E-state index contributed by atoms with van der Waals surface area (Å²) in [4.78, 5) is 2.42. The van der Waals surface area contributed by atoms with Gasteiger partial charge in [0.2, 0.25) is 0 Å². The fraction of sp³-hybridized carbons (Fsp3) is 1.00. The maximum Gasteiger partial charge on any atom is 0.0285 e. The molecule has 3 heteroatoms. The van der Waals surface area contributed by atoms with Gasteiger partial charge < -0.3 is 0 Å². The van der Waals surface area contributed by atoms with Crippen molar-refractivity contribution in [1.82, 2.24) is 9.91 Å². The van der Waals surface area contributed by atoms with E-state index >= 15 is 0 Å². The Hall–Kier alpha value is -0.120. The van der Waals surface area contributed by atoms with E-state index < -0.39 is 0 Å². The van der Waals surface area contributed by atoms with E-state index in [1.165, 1.54) is 6.42 Å². The lowest BCUT2D eigenvalue weighted by molar-refractivity contribution is 0.118. The van der Waals surface area contributed by atoms with Crippen LogP contribution in [0.2, 0.25) is 0 Å². The van der Waals surface area contributed by atoms with E-state index in [4.69, 9.17) is 5.84 Å². The highest BCUT2D eigenvalue weighted by atomic mass is 15.4. The van der Waals surface area contributed by atoms with Crippen molar-refractivity contribution in [1.29, 1.82) is 0 Å². The molecule has 12 heavy (non-hydrogen) atoms. The lowest BCUT2D eigenvalue weighted by atomic mass is 10.0. The molecule has 1 atom stereocenters. The van der Waals surface area contributed by atoms with Crippen LogP contribution in [0, 0.1) is 0 Å². The molecule has 0 saturated carbocycles. The quantitative estimate of drug-likeness (QED) is 0.588. The number of rotatable bonds is 1. The fourth-order valence-corrected chi connectivity index (χ4v) is 1.63. The van der Waals surface area contributed by atoms with Crippen LogP contribution in [0.1, 0.15) is 27.2 Å². The van der Waals surface area contributed by atoms with Crippen LogP contribution >= 0.6 is 0 Å². The van der Waals surface area contributed by atoms with Crippen molar-refractivity contribution in [3.8, 4) is 0 Å². The third-order valence-electron chi connectivity index (χ3n) is 2.80. The van der Waals surface area contributed by atoms with Gasteiger partial charge in [-0.25, -0.2) is 5.01 Å². The molecule has 3 nitrogen and oxygen atoms in total. The Balaban J connectivity index is 2.48. The van der Waals surface area contributed by atoms with Gasteiger partial charge in [-0.3, -0.25) is 10.7 Å². The molecule has 1 aliphatic heterocycles. The van der Waals surface area contributed by atoms with Crippen LogP contribution in [-0.2, 0) is 0 Å². The predicted molar refractivity (Wildman–Crippen MR) is 51.7 cm³/mol. The minimum absolute atomic E-state index is 0.260. The summed E-state index contributed by atoms with van der Waals surface area (Å²) in [6.07, 6.45) is 1.20. The summed E-state index contributed by atoms with van der Waals surface area (Å²) in [7, 11) is 2.18. The zero-order valence-electron chi connectivity index (χ0n) is 8.67. The third-order valence-corrected chi connectivity index (χ3v) is 2.80. The molecule has 1 saturated heterocycles. The third kappa shape index (κ3) is 2.19. The van der Waals surface area contributed by atoms with Gasteiger partial charge in [0.15, 0.2) is 0 Å². The van der Waals surface area contributed by atoms with E-state index in [1.807, 2.05) is 5.01 Å². The maximum atomic E-state index is 5.71. The van der Waals surface area contributed by atoms with Gasteiger partial charge in [-0.05, 0) is 34.2 Å². The molecule has 1 unspecified atom stereocenters. The second-order valence-electron chi connectivity index (χ2n) is 4.72. The Labute approximate surface area is 75.5 Å². The molecule has 0 spiro atoms. The molecule has 1 rings (SSSR count). The van der Waals surface area contributed by atoms with Gasteiger partial charge in [0, 0.05) is 24.7 Å². The molecule has 1 heterocycles. The van der Waals surface area contributed by atoms with E-state index in [9.17, 15) is 0 Å². The van der Waals surface area contributed by atoms with Gasteiger partial charge in [0.05, 0.1) is 0 Å². The Morgan fingerprint density at radius 1 is 1.42 bits per heavy atom. The van der Waals surface area contributed by atoms with E-state index in [1.54, 1.807) is 0 Å².